The molecule has 0 radical (unpaired) electrons. The van der Waals surface area contributed by atoms with Crippen LogP contribution in [0.5, 0.6) is 0 Å². The Morgan fingerprint density at radius 3 is 2.50 bits per heavy atom. The number of esters is 1. The largest absolute Gasteiger partial charge is 0.469 e. The van der Waals surface area contributed by atoms with Crippen LogP contribution < -0.4 is 5.32 Å². The van der Waals surface area contributed by atoms with Gasteiger partial charge in [-0.05, 0) is 43.4 Å². The average molecular weight is 324 g/mol. The number of rotatable bonds is 4. The van der Waals surface area contributed by atoms with Crippen LogP contribution in [0.25, 0.3) is 0 Å². The van der Waals surface area contributed by atoms with Gasteiger partial charge < -0.3 is 10.1 Å². The fraction of sp³-hybridized carbons (Fsp3) is 0.529. The molecule has 0 aromatic heterocycles. The minimum Gasteiger partial charge on any atom is -0.469 e. The van der Waals surface area contributed by atoms with E-state index in [1.807, 2.05) is 13.8 Å². The van der Waals surface area contributed by atoms with Gasteiger partial charge in [0.25, 0.3) is 5.91 Å². The molecule has 2 rings (SSSR count). The summed E-state index contributed by atoms with van der Waals surface area (Å²) in [6, 6.07) is 6.87. The minimum absolute atomic E-state index is 0.141. The summed E-state index contributed by atoms with van der Waals surface area (Å²) in [5.74, 6) is -0.530. The Morgan fingerprint density at radius 2 is 1.95 bits per heavy atom. The third kappa shape index (κ3) is 3.27. The second-order valence-corrected chi connectivity index (χ2v) is 7.21. The first-order chi connectivity index (χ1) is 10.2. The normalized spacial score (nSPS) is 28.4. The van der Waals surface area contributed by atoms with Gasteiger partial charge >= 0.3 is 5.97 Å². The van der Waals surface area contributed by atoms with E-state index < -0.39 is 0 Å². The Hall–Kier alpha value is -1.55. The first-order valence-corrected chi connectivity index (χ1v) is 7.73. The number of halogens is 1. The maximum Gasteiger partial charge on any atom is 0.308 e. The standard InChI is InChI=1S/C17H22ClNO3/c1-11(15(21)22-4)16(2)9-17(3,10-16)19-14(20)12-6-5-7-13(18)8-12/h5-8,11H,9-10H2,1-4H3,(H,19,20). The van der Waals surface area contributed by atoms with Gasteiger partial charge in [0.2, 0.25) is 0 Å². The van der Waals surface area contributed by atoms with E-state index in [9.17, 15) is 9.59 Å². The van der Waals surface area contributed by atoms with Crippen molar-refractivity contribution < 1.29 is 14.3 Å². The number of carbonyl (C=O) groups excluding carboxylic acids is 2. The Balaban J connectivity index is 2.01. The van der Waals surface area contributed by atoms with Gasteiger partial charge in [-0.2, -0.15) is 0 Å². The highest BCUT2D eigenvalue weighted by Crippen LogP contribution is 2.53. The summed E-state index contributed by atoms with van der Waals surface area (Å²) in [6.45, 7) is 5.94. The summed E-state index contributed by atoms with van der Waals surface area (Å²) in [5.41, 5.74) is 0.0863. The molecule has 1 fully saturated rings. The first kappa shape index (κ1) is 16.8. The van der Waals surface area contributed by atoms with Crippen LogP contribution in [0, 0.1) is 11.3 Å². The number of benzene rings is 1. The lowest BCUT2D eigenvalue weighted by atomic mass is 9.54. The molecular weight excluding hydrogens is 302 g/mol. The molecule has 1 aliphatic carbocycles. The van der Waals surface area contributed by atoms with Crippen molar-refractivity contribution in [1.82, 2.24) is 5.32 Å². The van der Waals surface area contributed by atoms with Gasteiger partial charge in [0.05, 0.1) is 13.0 Å². The summed E-state index contributed by atoms with van der Waals surface area (Å²) in [5, 5.41) is 3.59. The number of hydrogen-bond donors (Lipinski definition) is 1. The molecular formula is C17H22ClNO3. The molecule has 1 atom stereocenters. The molecule has 1 unspecified atom stereocenters. The molecule has 1 N–H and O–H groups in total. The molecule has 1 saturated carbocycles. The van der Waals surface area contributed by atoms with E-state index in [4.69, 9.17) is 16.3 Å². The van der Waals surface area contributed by atoms with E-state index in [0.717, 1.165) is 12.8 Å². The Labute approximate surface area is 136 Å². The molecule has 0 spiro atoms. The van der Waals surface area contributed by atoms with Crippen molar-refractivity contribution in [3.63, 3.8) is 0 Å². The molecule has 0 saturated heterocycles. The maximum atomic E-state index is 12.3. The molecule has 5 heteroatoms. The molecule has 0 heterocycles. The van der Waals surface area contributed by atoms with Crippen molar-refractivity contribution in [2.24, 2.45) is 11.3 Å². The second-order valence-electron chi connectivity index (χ2n) is 6.78. The number of carbonyl (C=O) groups is 2. The molecule has 1 aromatic carbocycles. The predicted molar refractivity (Wildman–Crippen MR) is 85.8 cm³/mol. The molecule has 22 heavy (non-hydrogen) atoms. The smallest absolute Gasteiger partial charge is 0.308 e. The van der Waals surface area contributed by atoms with Crippen LogP contribution in [-0.4, -0.2) is 24.5 Å². The molecule has 0 bridgehead atoms. The summed E-state index contributed by atoms with van der Waals surface area (Å²) in [6.07, 6.45) is 1.48. The van der Waals surface area contributed by atoms with Gasteiger partial charge in [-0.1, -0.05) is 31.5 Å². The van der Waals surface area contributed by atoms with E-state index >= 15 is 0 Å². The van der Waals surface area contributed by atoms with Crippen molar-refractivity contribution >= 4 is 23.5 Å². The van der Waals surface area contributed by atoms with E-state index in [1.165, 1.54) is 7.11 Å². The van der Waals surface area contributed by atoms with E-state index in [-0.39, 0.29) is 28.7 Å². The zero-order valence-corrected chi connectivity index (χ0v) is 14.2. The number of amides is 1. The number of hydrogen-bond acceptors (Lipinski definition) is 3. The summed E-state index contributed by atoms with van der Waals surface area (Å²) in [4.78, 5) is 24.0. The second kappa shape index (κ2) is 5.92. The van der Waals surface area contributed by atoms with Crippen LogP contribution >= 0.6 is 11.6 Å². The van der Waals surface area contributed by atoms with Crippen LogP contribution in [0.15, 0.2) is 24.3 Å². The van der Waals surface area contributed by atoms with Crippen molar-refractivity contribution in [3.8, 4) is 0 Å². The first-order valence-electron chi connectivity index (χ1n) is 7.35. The molecule has 1 aromatic rings. The van der Waals surface area contributed by atoms with Crippen molar-refractivity contribution in [1.29, 1.82) is 0 Å². The number of nitrogens with one attached hydrogen (secondary N) is 1. The fourth-order valence-electron chi connectivity index (χ4n) is 3.56. The average Bonchev–Trinajstić information content (AvgIpc) is 2.43. The van der Waals surface area contributed by atoms with Gasteiger partial charge in [0.15, 0.2) is 0 Å². The zero-order valence-electron chi connectivity index (χ0n) is 13.4. The highest BCUT2D eigenvalue weighted by molar-refractivity contribution is 6.30. The molecule has 1 amide bonds. The fourth-order valence-corrected chi connectivity index (χ4v) is 3.75. The lowest BCUT2D eigenvalue weighted by molar-refractivity contribution is -0.154. The highest BCUT2D eigenvalue weighted by atomic mass is 35.5. The van der Waals surface area contributed by atoms with Crippen LogP contribution in [0.1, 0.15) is 44.0 Å². The highest BCUT2D eigenvalue weighted by Gasteiger charge is 2.54. The van der Waals surface area contributed by atoms with E-state index in [1.54, 1.807) is 24.3 Å². The lowest BCUT2D eigenvalue weighted by Crippen LogP contribution is -2.61. The molecule has 0 aliphatic heterocycles. The van der Waals surface area contributed by atoms with E-state index in [2.05, 4.69) is 12.2 Å². The zero-order chi connectivity index (χ0) is 16.5. The van der Waals surface area contributed by atoms with Crippen LogP contribution in [0.3, 0.4) is 0 Å². The monoisotopic (exact) mass is 323 g/mol. The molecule has 1 aliphatic rings. The van der Waals surface area contributed by atoms with Gasteiger partial charge in [-0.15, -0.1) is 0 Å². The third-order valence-corrected chi connectivity index (χ3v) is 4.93. The number of methoxy groups -OCH3 is 1. The van der Waals surface area contributed by atoms with Crippen LogP contribution in [0.4, 0.5) is 0 Å². The van der Waals surface area contributed by atoms with Crippen LogP contribution in [0.2, 0.25) is 5.02 Å². The van der Waals surface area contributed by atoms with Gasteiger partial charge in [0.1, 0.15) is 0 Å². The summed E-state index contributed by atoms with van der Waals surface area (Å²) < 4.78 is 4.82. The van der Waals surface area contributed by atoms with Gasteiger partial charge in [-0.3, -0.25) is 9.59 Å². The Kier molecular flexibility index (Phi) is 4.52. The minimum atomic E-state index is -0.309. The van der Waals surface area contributed by atoms with Crippen molar-refractivity contribution in [3.05, 3.63) is 34.9 Å². The van der Waals surface area contributed by atoms with E-state index in [0.29, 0.717) is 10.6 Å². The van der Waals surface area contributed by atoms with Crippen molar-refractivity contribution in [2.75, 3.05) is 7.11 Å². The third-order valence-electron chi connectivity index (χ3n) is 4.69. The van der Waals surface area contributed by atoms with Gasteiger partial charge in [-0.25, -0.2) is 0 Å². The predicted octanol–water partition coefficient (Wildman–Crippen LogP) is 3.44. The topological polar surface area (TPSA) is 55.4 Å². The maximum absolute atomic E-state index is 12.3. The van der Waals surface area contributed by atoms with Crippen LogP contribution in [-0.2, 0) is 9.53 Å². The SMILES string of the molecule is COC(=O)C(C)C1(C)CC(C)(NC(=O)c2cccc(Cl)c2)C1. The van der Waals surface area contributed by atoms with Crippen molar-refractivity contribution in [2.45, 2.75) is 39.2 Å². The molecule has 120 valence electrons. The Morgan fingerprint density at radius 1 is 1.32 bits per heavy atom. The van der Waals surface area contributed by atoms with Gasteiger partial charge in [0, 0.05) is 16.1 Å². The summed E-state index contributed by atoms with van der Waals surface area (Å²) >= 11 is 5.91. The lowest BCUT2D eigenvalue weighted by Gasteiger charge is -2.55. The number of ether oxygens (including phenoxy) is 1. The summed E-state index contributed by atoms with van der Waals surface area (Å²) in [7, 11) is 1.40. The quantitative estimate of drug-likeness (QED) is 0.864. The Bertz CT molecular complexity index is 593. The molecule has 4 nitrogen and oxygen atoms in total.